The number of allylic oxidation sites excluding steroid dienone is 2. The summed E-state index contributed by atoms with van der Waals surface area (Å²) in [5.41, 5.74) is 11.5. The van der Waals surface area contributed by atoms with Crippen LogP contribution < -0.4 is 45.0 Å². The standard InChI is InChI=1S/C53H65N10O9S3/c1-7-62(8-2)36-19-22-41-46(27-36)72-47-28-37(63(9-3)10-4)20-23-42(47)50(41)43-24-21-40(30-48(43)75(69,70)71)74(67,68)56-25-15-14-18-44(57-49(64)29-39-33-73-53(55)60(39)6)52(66)58-45(51(54)65)26-38-32-61(34-59(38)5)31-35-16-12-11-13-17-35/h11-13,16-17,19-24,27-28,30,32-34,44-45,55-56H,7-10,14-15,18,25-26,29,31H2,1-6H3,(H4-,54,57,58,64,65,66,69,70,71)/p+1/t44-,45-/m0/s1. The van der Waals surface area contributed by atoms with E-state index < -0.39 is 60.1 Å². The van der Waals surface area contributed by atoms with Crippen LogP contribution in [0.4, 0.5) is 11.4 Å². The van der Waals surface area contributed by atoms with Crippen LogP contribution in [0, 0.1) is 10.7 Å². The van der Waals surface area contributed by atoms with E-state index in [9.17, 15) is 35.8 Å². The Morgan fingerprint density at radius 2 is 1.47 bits per heavy atom. The molecule has 19 nitrogen and oxygen atoms in total. The summed E-state index contributed by atoms with van der Waals surface area (Å²) < 4.78 is 79.6. The molecule has 0 spiro atoms. The minimum absolute atomic E-state index is 0.0329. The number of carbonyl (C=O) groups is 3. The predicted octanol–water partition coefficient (Wildman–Crippen LogP) is 4.74. The summed E-state index contributed by atoms with van der Waals surface area (Å²) in [6.45, 7) is 11.5. The Kier molecular flexibility index (Phi) is 18.0. The van der Waals surface area contributed by atoms with Gasteiger partial charge in [-0.2, -0.15) is 8.42 Å². The number of primary amides is 1. The fraction of sp³-hybridized carbons (Fsp3) is 0.358. The number of benzene rings is 3. The van der Waals surface area contributed by atoms with Crippen molar-refractivity contribution in [2.24, 2.45) is 19.8 Å². The van der Waals surface area contributed by atoms with Crippen LogP contribution in [-0.2, 0) is 68.0 Å². The van der Waals surface area contributed by atoms with Gasteiger partial charge in [0.25, 0.3) is 10.1 Å². The van der Waals surface area contributed by atoms with E-state index in [2.05, 4.69) is 25.2 Å². The first-order valence-electron chi connectivity index (χ1n) is 24.8. The number of carbonyl (C=O) groups excluding carboxylic acids is 3. The molecule has 22 heteroatoms. The van der Waals surface area contributed by atoms with Gasteiger partial charge < -0.3 is 35.5 Å². The molecule has 2 aliphatic rings. The van der Waals surface area contributed by atoms with Crippen molar-refractivity contribution in [1.29, 1.82) is 5.41 Å². The van der Waals surface area contributed by atoms with Crippen molar-refractivity contribution in [1.82, 2.24) is 24.5 Å². The highest BCUT2D eigenvalue weighted by atomic mass is 32.2. The summed E-state index contributed by atoms with van der Waals surface area (Å²) in [6, 6.07) is 18.8. The average molecular weight is 1080 g/mol. The highest BCUT2D eigenvalue weighted by Gasteiger charge is 2.37. The Hall–Kier alpha value is -6.85. The third-order valence-corrected chi connectivity index (χ3v) is 16.6. The van der Waals surface area contributed by atoms with Crippen molar-refractivity contribution in [3.63, 3.8) is 0 Å². The molecule has 0 saturated heterocycles. The Labute approximate surface area is 442 Å². The Morgan fingerprint density at radius 1 is 0.840 bits per heavy atom. The van der Waals surface area contributed by atoms with Gasteiger partial charge >= 0.3 is 0 Å². The van der Waals surface area contributed by atoms with Crippen molar-refractivity contribution >= 4 is 66.1 Å². The number of fused-ring (bicyclic) bond motifs is 2. The van der Waals surface area contributed by atoms with E-state index in [0.29, 0.717) is 46.1 Å². The average Bonchev–Trinajstić information content (AvgIpc) is 3.91. The second-order valence-corrected chi connectivity index (χ2v) is 22.3. The van der Waals surface area contributed by atoms with Gasteiger partial charge in [0.05, 0.1) is 18.4 Å². The number of hydrogen-bond acceptors (Lipinski definition) is 12. The number of nitrogens with zero attached hydrogens (tertiary/aromatic N) is 5. The second kappa shape index (κ2) is 24.2. The van der Waals surface area contributed by atoms with Crippen molar-refractivity contribution in [2.45, 2.75) is 78.4 Å². The first-order chi connectivity index (χ1) is 35.7. The van der Waals surface area contributed by atoms with Crippen LogP contribution in [0.5, 0.6) is 11.5 Å². The van der Waals surface area contributed by atoms with Gasteiger partial charge in [-0.1, -0.05) is 36.4 Å². The van der Waals surface area contributed by atoms with Gasteiger partial charge in [-0.15, -0.1) is 11.3 Å². The van der Waals surface area contributed by atoms with E-state index in [1.165, 1.54) is 12.2 Å². The zero-order valence-corrected chi connectivity index (χ0v) is 45.4. The fourth-order valence-corrected chi connectivity index (χ4v) is 11.9. The van der Waals surface area contributed by atoms with E-state index in [1.54, 1.807) is 17.0 Å². The number of rotatable bonds is 24. The van der Waals surface area contributed by atoms with Gasteiger partial charge in [0.1, 0.15) is 42.0 Å². The first kappa shape index (κ1) is 55.9. The van der Waals surface area contributed by atoms with Crippen molar-refractivity contribution in [2.75, 3.05) is 42.5 Å². The van der Waals surface area contributed by atoms with E-state index in [-0.39, 0.29) is 49.0 Å². The van der Waals surface area contributed by atoms with Gasteiger partial charge in [0, 0.05) is 97.5 Å². The summed E-state index contributed by atoms with van der Waals surface area (Å²) in [6.07, 6.45) is 7.65. The van der Waals surface area contributed by atoms with E-state index in [0.717, 1.165) is 60.5 Å². The minimum Gasteiger partial charge on any atom is -0.456 e. The van der Waals surface area contributed by atoms with Gasteiger partial charge in [-0.3, -0.25) is 24.3 Å². The van der Waals surface area contributed by atoms with Gasteiger partial charge in [-0.25, -0.2) is 22.3 Å². The van der Waals surface area contributed by atoms with Crippen molar-refractivity contribution < 1.29 is 45.1 Å². The second-order valence-electron chi connectivity index (χ2n) is 18.3. The maximum atomic E-state index is 14.0. The lowest BCUT2D eigenvalue weighted by molar-refractivity contribution is -0.688. The molecule has 399 valence electrons. The van der Waals surface area contributed by atoms with E-state index in [1.807, 2.05) is 123 Å². The Balaban J connectivity index is 1.08. The predicted molar refractivity (Wildman–Crippen MR) is 290 cm³/mol. The summed E-state index contributed by atoms with van der Waals surface area (Å²) in [7, 11) is -5.96. The molecule has 0 bridgehead atoms. The van der Waals surface area contributed by atoms with Gasteiger partial charge in [-0.05, 0) is 94.5 Å². The number of imidazole rings is 1. The van der Waals surface area contributed by atoms with Gasteiger partial charge in [0.2, 0.25) is 34.1 Å². The number of unbranched alkanes of at least 4 members (excludes halogenated alkanes) is 1. The summed E-state index contributed by atoms with van der Waals surface area (Å²) in [4.78, 5) is 44.4. The maximum Gasteiger partial charge on any atom is 0.281 e. The minimum atomic E-state index is -5.04. The van der Waals surface area contributed by atoms with Crippen LogP contribution in [0.15, 0.2) is 113 Å². The molecule has 3 heterocycles. The highest BCUT2D eigenvalue weighted by Crippen LogP contribution is 2.50. The normalized spacial score (nSPS) is 14.3. The number of nitrogens with two attached hydrogens (primary N) is 1. The Morgan fingerprint density at radius 3 is 2.03 bits per heavy atom. The molecule has 0 saturated carbocycles. The van der Waals surface area contributed by atoms with Gasteiger partial charge in [0.15, 0.2) is 10.1 Å². The number of aryl methyl sites for hydroxylation is 1. The number of nitrogens with one attached hydrogen (secondary N) is 4. The van der Waals surface area contributed by atoms with Crippen LogP contribution in [0.1, 0.15) is 75.0 Å². The lowest BCUT2D eigenvalue weighted by atomic mass is 9.87. The molecule has 5 aromatic rings. The molecule has 3 aromatic carbocycles. The quantitative estimate of drug-likeness (QED) is 0.0274. The lowest BCUT2D eigenvalue weighted by Crippen LogP contribution is -2.54. The van der Waals surface area contributed by atoms with E-state index >= 15 is 0 Å². The topological polar surface area (TPSA) is 255 Å². The Bertz CT molecular complexity index is 3240. The molecule has 75 heavy (non-hydrogen) atoms. The third kappa shape index (κ3) is 13.3. The molecule has 0 fully saturated rings. The molecule has 7 N–H and O–H groups in total. The molecule has 2 aromatic heterocycles. The summed E-state index contributed by atoms with van der Waals surface area (Å²) in [5.74, 6) is -1.05. The number of ether oxygens (including phenoxy) is 1. The van der Waals surface area contributed by atoms with Crippen LogP contribution >= 0.6 is 11.3 Å². The zero-order chi connectivity index (χ0) is 54.2. The molecule has 1 aliphatic carbocycles. The molecule has 1 radical (unpaired) electrons. The highest BCUT2D eigenvalue weighted by molar-refractivity contribution is 7.93. The van der Waals surface area contributed by atoms with Crippen LogP contribution in [-0.4, -0.2) is 93.1 Å². The van der Waals surface area contributed by atoms with Crippen LogP contribution in [0.3, 0.4) is 0 Å². The molecule has 1 aliphatic heterocycles. The summed E-state index contributed by atoms with van der Waals surface area (Å²) >= 11 is 1.15. The van der Waals surface area contributed by atoms with E-state index in [4.69, 9.17) is 15.9 Å². The SMILES string of the molecule is CCN(CC)c1ccc2c(c1)Oc1cc(N(CC)CC)ccc1C2=C1C=CC(S(=O)(=O)NCCCC[C@H](NC(=O)Cc2csc(=N)n2C)C(=O)N[C@@H](Cc2c[n+](Cc3ccccc3)cn2C)C(N)=O)=C[C]1S(=O)(=O)O. The molecule has 7 rings (SSSR count). The van der Waals surface area contributed by atoms with Crippen molar-refractivity contribution in [3.8, 4) is 11.5 Å². The molecule has 3 amide bonds. The molecular weight excluding hydrogens is 1020 g/mol. The number of thiazole rings is 1. The van der Waals surface area contributed by atoms with Crippen LogP contribution in [0.25, 0.3) is 5.57 Å². The van der Waals surface area contributed by atoms with Crippen LogP contribution in [0.2, 0.25) is 0 Å². The maximum absolute atomic E-state index is 14.0. The molecule has 2 atom stereocenters. The third-order valence-electron chi connectivity index (χ3n) is 13.4. The largest absolute Gasteiger partial charge is 0.456 e. The number of aromatic nitrogens is 3. The lowest BCUT2D eigenvalue weighted by Gasteiger charge is -2.30. The summed E-state index contributed by atoms with van der Waals surface area (Å²) in [5, 5.41) is 14.6. The number of anilines is 2. The monoisotopic (exact) mass is 1080 g/mol. The fourth-order valence-electron chi connectivity index (χ4n) is 9.23. The first-order valence-corrected chi connectivity index (χ1v) is 28.7. The van der Waals surface area contributed by atoms with Crippen molar-refractivity contribution in [3.05, 3.63) is 151 Å². The molecule has 0 unspecified atom stereocenters. The molecular formula is C53H66N10O9S3+. The smallest absolute Gasteiger partial charge is 0.281 e. The number of amides is 3. The zero-order valence-electron chi connectivity index (χ0n) is 43.0. The number of sulfonamides is 1. The number of hydrogen-bond donors (Lipinski definition) is 6.